The summed E-state index contributed by atoms with van der Waals surface area (Å²) in [6, 6.07) is 0.444. The van der Waals surface area contributed by atoms with Gasteiger partial charge in [-0.25, -0.2) is 4.98 Å². The van der Waals surface area contributed by atoms with Crippen molar-refractivity contribution in [1.29, 1.82) is 0 Å². The highest BCUT2D eigenvalue weighted by molar-refractivity contribution is 7.99. The van der Waals surface area contributed by atoms with Crippen LogP contribution in [0.1, 0.15) is 44.2 Å². The Hall–Kier alpha value is -1.51. The zero-order valence-corrected chi connectivity index (χ0v) is 18.8. The number of carbonyl (C=O) groups is 1. The fraction of sp³-hybridized carbons (Fsp3) is 0.579. The summed E-state index contributed by atoms with van der Waals surface area (Å²) < 4.78 is 2.21. The van der Waals surface area contributed by atoms with E-state index in [2.05, 4.69) is 36.9 Å². The summed E-state index contributed by atoms with van der Waals surface area (Å²) in [6.45, 7) is 6.11. The molecule has 0 aromatic carbocycles. The van der Waals surface area contributed by atoms with Gasteiger partial charge in [0, 0.05) is 25.3 Å². The van der Waals surface area contributed by atoms with Crippen LogP contribution in [0.15, 0.2) is 11.4 Å². The van der Waals surface area contributed by atoms with Crippen LogP contribution >= 0.6 is 35.0 Å². The highest BCUT2D eigenvalue weighted by Crippen LogP contribution is 2.41. The summed E-state index contributed by atoms with van der Waals surface area (Å²) in [7, 11) is 0. The fourth-order valence-corrected chi connectivity index (χ4v) is 4.58. The maximum absolute atomic E-state index is 12.4. The van der Waals surface area contributed by atoms with E-state index in [1.54, 1.807) is 6.92 Å². The Morgan fingerprint density at radius 3 is 2.66 bits per heavy atom. The van der Waals surface area contributed by atoms with Crippen molar-refractivity contribution in [2.45, 2.75) is 50.7 Å². The standard InChI is InChI=1S/C19H24Cl2N6OS/c1-11-5-7-26(8-6-11)18-24-25-19(27(18)13-3-4-13)29-10-15(28)23-17-16(21)12(2)14(20)9-22-17/h9,11,13H,3-8,10H2,1-2H3,(H,22,23,28). The molecule has 1 aliphatic heterocycles. The van der Waals surface area contributed by atoms with Crippen molar-refractivity contribution in [1.82, 2.24) is 19.7 Å². The number of thioether (sulfide) groups is 1. The molecule has 0 atom stereocenters. The van der Waals surface area contributed by atoms with Gasteiger partial charge < -0.3 is 10.2 Å². The minimum absolute atomic E-state index is 0.190. The number of hydrogen-bond acceptors (Lipinski definition) is 6. The SMILES string of the molecule is Cc1c(Cl)cnc(NC(=O)CSc2nnc(N3CCC(C)CC3)n2C2CC2)c1Cl. The monoisotopic (exact) mass is 454 g/mol. The molecule has 2 aromatic heterocycles. The Kier molecular flexibility index (Phi) is 6.22. The molecular weight excluding hydrogens is 431 g/mol. The Morgan fingerprint density at radius 1 is 1.24 bits per heavy atom. The molecule has 1 N–H and O–H groups in total. The summed E-state index contributed by atoms with van der Waals surface area (Å²) in [5.74, 6) is 2.05. The number of amides is 1. The first kappa shape index (κ1) is 20.8. The second kappa shape index (κ2) is 8.70. The molecule has 29 heavy (non-hydrogen) atoms. The third kappa shape index (κ3) is 4.64. The molecule has 0 radical (unpaired) electrons. The number of halogens is 2. The summed E-state index contributed by atoms with van der Waals surface area (Å²) in [5.41, 5.74) is 0.695. The van der Waals surface area contributed by atoms with Gasteiger partial charge in [-0.3, -0.25) is 9.36 Å². The maximum atomic E-state index is 12.4. The normalized spacial score (nSPS) is 17.6. The average Bonchev–Trinajstić information content (AvgIpc) is 3.46. The molecule has 0 spiro atoms. The lowest BCUT2D eigenvalue weighted by Crippen LogP contribution is -2.34. The van der Waals surface area contributed by atoms with Gasteiger partial charge in [0.15, 0.2) is 11.0 Å². The van der Waals surface area contributed by atoms with E-state index in [4.69, 9.17) is 23.2 Å². The number of anilines is 2. The number of hydrogen-bond donors (Lipinski definition) is 1. The third-order valence-corrected chi connectivity index (χ3v) is 7.20. The topological polar surface area (TPSA) is 75.9 Å². The number of piperidine rings is 1. The quantitative estimate of drug-likeness (QED) is 0.643. The van der Waals surface area contributed by atoms with Crippen molar-refractivity contribution < 1.29 is 4.79 Å². The first-order valence-electron chi connectivity index (χ1n) is 9.87. The van der Waals surface area contributed by atoms with Gasteiger partial charge in [-0.05, 0) is 44.1 Å². The van der Waals surface area contributed by atoms with Crippen molar-refractivity contribution >= 4 is 52.6 Å². The molecule has 156 valence electrons. The lowest BCUT2D eigenvalue weighted by Gasteiger charge is -2.31. The van der Waals surface area contributed by atoms with Gasteiger partial charge in [0.25, 0.3) is 0 Å². The highest BCUT2D eigenvalue weighted by Gasteiger charge is 2.32. The van der Waals surface area contributed by atoms with Crippen molar-refractivity contribution in [2.75, 3.05) is 29.1 Å². The van der Waals surface area contributed by atoms with Crippen LogP contribution in [-0.4, -0.2) is 44.5 Å². The van der Waals surface area contributed by atoms with Crippen LogP contribution in [0, 0.1) is 12.8 Å². The van der Waals surface area contributed by atoms with Crippen molar-refractivity contribution in [2.24, 2.45) is 5.92 Å². The summed E-state index contributed by atoms with van der Waals surface area (Å²) in [6.07, 6.45) is 6.12. The smallest absolute Gasteiger partial charge is 0.236 e. The Balaban J connectivity index is 1.42. The molecule has 0 unspecified atom stereocenters. The van der Waals surface area contributed by atoms with Gasteiger partial charge in [-0.2, -0.15) is 0 Å². The van der Waals surface area contributed by atoms with Crippen LogP contribution in [0.3, 0.4) is 0 Å². The van der Waals surface area contributed by atoms with Gasteiger partial charge in [0.05, 0.1) is 15.8 Å². The molecule has 2 aliphatic rings. The zero-order chi connectivity index (χ0) is 20.5. The van der Waals surface area contributed by atoms with Crippen LogP contribution < -0.4 is 10.2 Å². The van der Waals surface area contributed by atoms with Crippen molar-refractivity contribution in [3.05, 3.63) is 21.8 Å². The van der Waals surface area contributed by atoms with Gasteiger partial charge in [-0.15, -0.1) is 10.2 Å². The molecule has 4 rings (SSSR count). The van der Waals surface area contributed by atoms with Crippen molar-refractivity contribution in [3.8, 4) is 0 Å². The second-order valence-electron chi connectivity index (χ2n) is 7.78. The number of carbonyl (C=O) groups excluding carboxylic acids is 1. The van der Waals surface area contributed by atoms with Gasteiger partial charge in [-0.1, -0.05) is 41.9 Å². The van der Waals surface area contributed by atoms with E-state index in [-0.39, 0.29) is 11.7 Å². The fourth-order valence-electron chi connectivity index (χ4n) is 3.39. The van der Waals surface area contributed by atoms with Gasteiger partial charge in [0.1, 0.15) is 0 Å². The van der Waals surface area contributed by atoms with E-state index < -0.39 is 0 Å². The Morgan fingerprint density at radius 2 is 1.97 bits per heavy atom. The van der Waals surface area contributed by atoms with E-state index in [9.17, 15) is 4.79 Å². The van der Waals surface area contributed by atoms with E-state index >= 15 is 0 Å². The van der Waals surface area contributed by atoms with E-state index in [0.29, 0.717) is 27.5 Å². The molecule has 0 bridgehead atoms. The second-order valence-corrected chi connectivity index (χ2v) is 9.51. The lowest BCUT2D eigenvalue weighted by atomic mass is 10.00. The van der Waals surface area contributed by atoms with E-state index in [1.165, 1.54) is 30.8 Å². The zero-order valence-electron chi connectivity index (χ0n) is 16.5. The number of rotatable bonds is 6. The highest BCUT2D eigenvalue weighted by atomic mass is 35.5. The largest absolute Gasteiger partial charge is 0.341 e. The van der Waals surface area contributed by atoms with E-state index in [1.807, 2.05) is 0 Å². The van der Waals surface area contributed by atoms with Crippen LogP contribution in [0.2, 0.25) is 10.0 Å². The molecule has 1 saturated carbocycles. The predicted octanol–water partition coefficient (Wildman–Crippen LogP) is 4.59. The van der Waals surface area contributed by atoms with Crippen molar-refractivity contribution in [3.63, 3.8) is 0 Å². The number of nitrogens with one attached hydrogen (secondary N) is 1. The first-order valence-corrected chi connectivity index (χ1v) is 11.6. The first-order chi connectivity index (χ1) is 13.9. The maximum Gasteiger partial charge on any atom is 0.236 e. The van der Waals surface area contributed by atoms with Crippen LogP contribution in [0.25, 0.3) is 0 Å². The number of pyridine rings is 1. The lowest BCUT2D eigenvalue weighted by molar-refractivity contribution is -0.113. The molecular formula is C19H24Cl2N6OS. The summed E-state index contributed by atoms with van der Waals surface area (Å²) in [5, 5.41) is 13.2. The molecule has 2 fully saturated rings. The molecule has 1 amide bonds. The van der Waals surface area contributed by atoms with E-state index in [0.717, 1.165) is 43.0 Å². The van der Waals surface area contributed by atoms with Gasteiger partial charge in [0.2, 0.25) is 11.9 Å². The summed E-state index contributed by atoms with van der Waals surface area (Å²) in [4.78, 5) is 18.9. The predicted molar refractivity (Wildman–Crippen MR) is 117 cm³/mol. The minimum atomic E-state index is -0.190. The van der Waals surface area contributed by atoms with Crippen LogP contribution in [0.5, 0.6) is 0 Å². The molecule has 2 aromatic rings. The van der Waals surface area contributed by atoms with Crippen LogP contribution in [0.4, 0.5) is 11.8 Å². The minimum Gasteiger partial charge on any atom is -0.341 e. The number of aromatic nitrogens is 4. The average molecular weight is 455 g/mol. The molecule has 10 heteroatoms. The third-order valence-electron chi connectivity index (χ3n) is 5.42. The van der Waals surface area contributed by atoms with Crippen LogP contribution in [-0.2, 0) is 4.79 Å². The van der Waals surface area contributed by atoms with Gasteiger partial charge >= 0.3 is 0 Å². The summed E-state index contributed by atoms with van der Waals surface area (Å²) >= 11 is 13.6. The molecule has 3 heterocycles. The molecule has 1 aliphatic carbocycles. The Bertz CT molecular complexity index is 908. The Labute approximate surface area is 184 Å². The molecule has 7 nitrogen and oxygen atoms in total. The molecule has 1 saturated heterocycles. The number of nitrogens with zero attached hydrogens (tertiary/aromatic N) is 5.